The predicted molar refractivity (Wildman–Crippen MR) is 94.3 cm³/mol. The summed E-state index contributed by atoms with van der Waals surface area (Å²) in [6.07, 6.45) is 0.221. The molecule has 6 heteroatoms. The van der Waals surface area contributed by atoms with Crippen molar-refractivity contribution in [2.45, 2.75) is 12.3 Å². The first kappa shape index (κ1) is 16.7. The number of aromatic nitrogens is 1. The molecule has 0 aliphatic carbocycles. The van der Waals surface area contributed by atoms with Crippen LogP contribution in [0.2, 0.25) is 0 Å². The number of hydrogen-bond donors (Lipinski definition) is 0. The molecule has 1 atom stereocenters. The van der Waals surface area contributed by atoms with E-state index in [1.54, 1.807) is 17.0 Å². The quantitative estimate of drug-likeness (QED) is 0.721. The van der Waals surface area contributed by atoms with Crippen molar-refractivity contribution >= 4 is 17.0 Å². The van der Waals surface area contributed by atoms with Crippen LogP contribution in [0.5, 0.6) is 0 Å². The summed E-state index contributed by atoms with van der Waals surface area (Å²) < 4.78 is 24.6. The van der Waals surface area contributed by atoms with Gasteiger partial charge in [0.2, 0.25) is 11.8 Å². The molecule has 1 unspecified atom stereocenters. The van der Waals surface area contributed by atoms with E-state index >= 15 is 0 Å². The summed E-state index contributed by atoms with van der Waals surface area (Å²) >= 11 is 0. The fraction of sp³-hybridized carbons (Fsp3) is 0.300. The second-order valence-electron chi connectivity index (χ2n) is 6.32. The van der Waals surface area contributed by atoms with Gasteiger partial charge in [-0.3, -0.25) is 4.79 Å². The van der Waals surface area contributed by atoms with Crippen LogP contribution in [-0.4, -0.2) is 42.1 Å². The van der Waals surface area contributed by atoms with E-state index in [1.807, 2.05) is 24.3 Å². The highest BCUT2D eigenvalue weighted by Crippen LogP contribution is 2.31. The van der Waals surface area contributed by atoms with Crippen LogP contribution in [0.1, 0.15) is 23.8 Å². The van der Waals surface area contributed by atoms with Gasteiger partial charge in [-0.15, -0.1) is 0 Å². The first-order valence-electron chi connectivity index (χ1n) is 8.67. The van der Waals surface area contributed by atoms with E-state index in [2.05, 4.69) is 4.98 Å². The summed E-state index contributed by atoms with van der Waals surface area (Å²) in [7, 11) is 0. The normalized spacial score (nSPS) is 16.0. The number of rotatable bonds is 4. The molecular formula is C20H19FN2O3. The zero-order chi connectivity index (χ0) is 17.9. The third-order valence-electron chi connectivity index (χ3n) is 4.62. The maximum atomic E-state index is 13.3. The van der Waals surface area contributed by atoms with Gasteiger partial charge in [0, 0.05) is 19.5 Å². The lowest BCUT2D eigenvalue weighted by atomic mass is 9.94. The van der Waals surface area contributed by atoms with Gasteiger partial charge in [0.05, 0.1) is 19.1 Å². The lowest BCUT2D eigenvalue weighted by molar-refractivity contribution is -0.135. The SMILES string of the molecule is O=C(CC(c1ccc(F)cc1)c1nc2ccccc2o1)N1CCOCC1. The number of hydrogen-bond acceptors (Lipinski definition) is 4. The molecule has 1 aromatic heterocycles. The van der Waals surface area contributed by atoms with E-state index in [0.717, 1.165) is 11.1 Å². The maximum Gasteiger partial charge on any atom is 0.223 e. The Hall–Kier alpha value is -2.73. The Morgan fingerprint density at radius 1 is 1.12 bits per heavy atom. The van der Waals surface area contributed by atoms with E-state index in [0.29, 0.717) is 37.8 Å². The van der Waals surface area contributed by atoms with Crippen LogP contribution < -0.4 is 0 Å². The number of morpholine rings is 1. The number of oxazole rings is 1. The fourth-order valence-electron chi connectivity index (χ4n) is 3.20. The predicted octanol–water partition coefficient (Wildman–Crippen LogP) is 3.35. The van der Waals surface area contributed by atoms with E-state index in [9.17, 15) is 9.18 Å². The van der Waals surface area contributed by atoms with Crippen LogP contribution in [0, 0.1) is 5.82 Å². The lowest BCUT2D eigenvalue weighted by Gasteiger charge is -2.28. The smallest absolute Gasteiger partial charge is 0.223 e. The number of nitrogens with zero attached hydrogens (tertiary/aromatic N) is 2. The minimum atomic E-state index is -0.363. The Morgan fingerprint density at radius 2 is 1.85 bits per heavy atom. The zero-order valence-electron chi connectivity index (χ0n) is 14.2. The van der Waals surface area contributed by atoms with Crippen LogP contribution in [0.15, 0.2) is 52.9 Å². The molecule has 4 rings (SSSR count). The van der Waals surface area contributed by atoms with E-state index in [-0.39, 0.29) is 24.1 Å². The first-order chi connectivity index (χ1) is 12.7. The van der Waals surface area contributed by atoms with Gasteiger partial charge in [0.25, 0.3) is 0 Å². The monoisotopic (exact) mass is 354 g/mol. The summed E-state index contributed by atoms with van der Waals surface area (Å²) in [4.78, 5) is 19.1. The van der Waals surface area contributed by atoms with Gasteiger partial charge in [0.15, 0.2) is 5.58 Å². The summed E-state index contributed by atoms with van der Waals surface area (Å²) in [6.45, 7) is 2.27. The largest absolute Gasteiger partial charge is 0.440 e. The van der Waals surface area contributed by atoms with Gasteiger partial charge in [-0.2, -0.15) is 0 Å². The molecule has 2 heterocycles. The minimum Gasteiger partial charge on any atom is -0.440 e. The van der Waals surface area contributed by atoms with Crippen molar-refractivity contribution in [1.82, 2.24) is 9.88 Å². The Bertz CT molecular complexity index is 868. The zero-order valence-corrected chi connectivity index (χ0v) is 14.2. The average molecular weight is 354 g/mol. The van der Waals surface area contributed by atoms with Gasteiger partial charge < -0.3 is 14.1 Å². The Labute approximate surface area is 150 Å². The summed E-state index contributed by atoms with van der Waals surface area (Å²) in [5.74, 6) is -0.188. The molecule has 0 saturated carbocycles. The molecule has 0 spiro atoms. The molecule has 1 saturated heterocycles. The molecular weight excluding hydrogens is 335 g/mol. The highest BCUT2D eigenvalue weighted by Gasteiger charge is 2.27. The number of para-hydroxylation sites is 2. The molecule has 0 radical (unpaired) electrons. The van der Waals surface area contributed by atoms with E-state index in [4.69, 9.17) is 9.15 Å². The minimum absolute atomic E-state index is 0.0184. The number of benzene rings is 2. The van der Waals surface area contributed by atoms with Crippen molar-refractivity contribution in [1.29, 1.82) is 0 Å². The average Bonchev–Trinajstić information content (AvgIpc) is 3.11. The van der Waals surface area contributed by atoms with E-state index < -0.39 is 0 Å². The van der Waals surface area contributed by atoms with Crippen molar-refractivity contribution in [3.05, 3.63) is 65.8 Å². The Balaban J connectivity index is 1.66. The molecule has 1 aliphatic heterocycles. The third-order valence-corrected chi connectivity index (χ3v) is 4.62. The van der Waals surface area contributed by atoms with Crippen LogP contribution in [0.4, 0.5) is 4.39 Å². The summed E-state index contributed by atoms with van der Waals surface area (Å²) in [5, 5.41) is 0. The number of fused-ring (bicyclic) bond motifs is 1. The van der Waals surface area contributed by atoms with Gasteiger partial charge >= 0.3 is 0 Å². The number of amides is 1. The Morgan fingerprint density at radius 3 is 2.58 bits per heavy atom. The topological polar surface area (TPSA) is 55.6 Å². The van der Waals surface area contributed by atoms with Crippen LogP contribution >= 0.6 is 0 Å². The summed E-state index contributed by atoms with van der Waals surface area (Å²) in [5.41, 5.74) is 2.22. The number of ether oxygens (including phenoxy) is 1. The van der Waals surface area contributed by atoms with E-state index in [1.165, 1.54) is 12.1 Å². The van der Waals surface area contributed by atoms with Crippen molar-refractivity contribution in [2.24, 2.45) is 0 Å². The van der Waals surface area contributed by atoms with Gasteiger partial charge in [0.1, 0.15) is 11.3 Å². The maximum absolute atomic E-state index is 13.3. The molecule has 134 valence electrons. The molecule has 1 aliphatic rings. The second-order valence-corrected chi connectivity index (χ2v) is 6.32. The fourth-order valence-corrected chi connectivity index (χ4v) is 3.20. The highest BCUT2D eigenvalue weighted by molar-refractivity contribution is 5.78. The molecule has 3 aromatic rings. The standard InChI is InChI=1S/C20H19FN2O3/c21-15-7-5-14(6-8-15)16(13-19(24)23-9-11-25-12-10-23)20-22-17-3-1-2-4-18(17)26-20/h1-8,16H,9-13H2. The highest BCUT2D eigenvalue weighted by atomic mass is 19.1. The lowest BCUT2D eigenvalue weighted by Crippen LogP contribution is -2.41. The van der Waals surface area contributed by atoms with Crippen molar-refractivity contribution in [2.75, 3.05) is 26.3 Å². The molecule has 1 fully saturated rings. The molecule has 0 N–H and O–H groups in total. The second kappa shape index (κ2) is 7.25. The molecule has 5 nitrogen and oxygen atoms in total. The molecule has 1 amide bonds. The molecule has 0 bridgehead atoms. The van der Waals surface area contributed by atoms with Gasteiger partial charge in [-0.1, -0.05) is 24.3 Å². The van der Waals surface area contributed by atoms with Crippen LogP contribution in [0.3, 0.4) is 0 Å². The van der Waals surface area contributed by atoms with Crippen LogP contribution in [-0.2, 0) is 9.53 Å². The third kappa shape index (κ3) is 3.46. The Kier molecular flexibility index (Phi) is 4.67. The molecule has 26 heavy (non-hydrogen) atoms. The van der Waals surface area contributed by atoms with Crippen molar-refractivity contribution < 1.29 is 18.3 Å². The number of carbonyl (C=O) groups is 1. The number of halogens is 1. The van der Waals surface area contributed by atoms with Crippen LogP contribution in [0.25, 0.3) is 11.1 Å². The molecule has 2 aromatic carbocycles. The van der Waals surface area contributed by atoms with Gasteiger partial charge in [-0.05, 0) is 29.8 Å². The van der Waals surface area contributed by atoms with Crippen molar-refractivity contribution in [3.8, 4) is 0 Å². The van der Waals surface area contributed by atoms with Gasteiger partial charge in [-0.25, -0.2) is 9.37 Å². The van der Waals surface area contributed by atoms with Crippen molar-refractivity contribution in [3.63, 3.8) is 0 Å². The first-order valence-corrected chi connectivity index (χ1v) is 8.67. The number of carbonyl (C=O) groups excluding carboxylic acids is 1. The summed E-state index contributed by atoms with van der Waals surface area (Å²) in [6, 6.07) is 13.6.